The molecule has 2 fully saturated rings. The van der Waals surface area contributed by atoms with Gasteiger partial charge in [-0.15, -0.1) is 0 Å². The third-order valence-electron chi connectivity index (χ3n) is 4.55. The number of benzene rings is 1. The number of rotatable bonds is 6. The fourth-order valence-electron chi connectivity index (χ4n) is 3.14. The van der Waals surface area contributed by atoms with Crippen molar-refractivity contribution < 1.29 is 14.6 Å². The lowest BCUT2D eigenvalue weighted by Gasteiger charge is -2.26. The highest BCUT2D eigenvalue weighted by Gasteiger charge is 2.48. The van der Waals surface area contributed by atoms with Crippen LogP contribution in [0, 0.1) is 0 Å². The minimum Gasteiger partial charge on any atom is -0.490 e. The fourth-order valence-corrected chi connectivity index (χ4v) is 3.14. The Morgan fingerprint density at radius 1 is 1.43 bits per heavy atom. The van der Waals surface area contributed by atoms with Crippen molar-refractivity contribution in [3.8, 4) is 5.75 Å². The van der Waals surface area contributed by atoms with Crippen molar-refractivity contribution in [1.29, 1.82) is 0 Å². The van der Waals surface area contributed by atoms with Crippen molar-refractivity contribution in [2.45, 2.75) is 63.1 Å². The number of carbonyl (C=O) groups is 1. The van der Waals surface area contributed by atoms with E-state index in [1.165, 1.54) is 5.56 Å². The summed E-state index contributed by atoms with van der Waals surface area (Å²) >= 11 is 0. The molecular formula is C17H23NO3. The summed E-state index contributed by atoms with van der Waals surface area (Å²) < 4.78 is 6.02. The molecule has 2 aliphatic carbocycles. The maximum absolute atomic E-state index is 11.7. The van der Waals surface area contributed by atoms with Crippen molar-refractivity contribution >= 4 is 5.97 Å². The number of hydrogen-bond acceptors (Lipinski definition) is 3. The van der Waals surface area contributed by atoms with Gasteiger partial charge in [0.05, 0.1) is 0 Å². The van der Waals surface area contributed by atoms with E-state index in [1.807, 2.05) is 12.1 Å². The smallest absolute Gasteiger partial charge is 0.324 e. The largest absolute Gasteiger partial charge is 0.490 e. The molecule has 0 aromatic heterocycles. The van der Waals surface area contributed by atoms with Crippen LogP contribution in [0.15, 0.2) is 24.3 Å². The molecular weight excluding hydrogens is 266 g/mol. The quantitative estimate of drug-likeness (QED) is 0.845. The van der Waals surface area contributed by atoms with E-state index in [9.17, 15) is 9.90 Å². The number of carboxylic acid groups (broad SMARTS) is 1. The van der Waals surface area contributed by atoms with E-state index in [1.54, 1.807) is 0 Å². The highest BCUT2D eigenvalue weighted by molar-refractivity contribution is 5.79. The molecule has 1 aromatic carbocycles. The van der Waals surface area contributed by atoms with Gasteiger partial charge in [-0.2, -0.15) is 0 Å². The van der Waals surface area contributed by atoms with Gasteiger partial charge in [0.15, 0.2) is 0 Å². The lowest BCUT2D eigenvalue weighted by molar-refractivity contribution is -0.145. The van der Waals surface area contributed by atoms with Gasteiger partial charge in [-0.3, -0.25) is 10.1 Å². The predicted molar refractivity (Wildman–Crippen MR) is 80.6 cm³/mol. The van der Waals surface area contributed by atoms with Crippen molar-refractivity contribution in [3.63, 3.8) is 0 Å². The van der Waals surface area contributed by atoms with E-state index in [0.29, 0.717) is 18.9 Å². The van der Waals surface area contributed by atoms with Gasteiger partial charge in [-0.1, -0.05) is 19.1 Å². The van der Waals surface area contributed by atoms with Crippen LogP contribution >= 0.6 is 0 Å². The highest BCUT2D eigenvalue weighted by Crippen LogP contribution is 2.36. The lowest BCUT2D eigenvalue weighted by Crippen LogP contribution is -2.51. The molecule has 1 aromatic rings. The molecule has 2 aliphatic rings. The Morgan fingerprint density at radius 3 is 2.90 bits per heavy atom. The summed E-state index contributed by atoms with van der Waals surface area (Å²) in [6.45, 7) is 2.11. The monoisotopic (exact) mass is 289 g/mol. The molecule has 4 heteroatoms. The van der Waals surface area contributed by atoms with E-state index in [4.69, 9.17) is 4.74 Å². The number of aryl methyl sites for hydroxylation is 1. The first-order chi connectivity index (χ1) is 10.1. The molecule has 0 amide bonds. The van der Waals surface area contributed by atoms with E-state index in [-0.39, 0.29) is 6.10 Å². The Bertz CT molecular complexity index is 527. The van der Waals surface area contributed by atoms with Crippen molar-refractivity contribution in [3.05, 3.63) is 29.8 Å². The van der Waals surface area contributed by atoms with Crippen LogP contribution in [0.2, 0.25) is 0 Å². The number of carboxylic acids is 1. The van der Waals surface area contributed by atoms with E-state index < -0.39 is 11.5 Å². The molecule has 0 radical (unpaired) electrons. The second-order valence-electron chi connectivity index (χ2n) is 6.29. The van der Waals surface area contributed by atoms with Gasteiger partial charge in [0, 0.05) is 12.5 Å². The Balaban J connectivity index is 1.66. The van der Waals surface area contributed by atoms with Gasteiger partial charge >= 0.3 is 5.97 Å². The summed E-state index contributed by atoms with van der Waals surface area (Å²) in [4.78, 5) is 11.7. The van der Waals surface area contributed by atoms with Crippen molar-refractivity contribution in [2.24, 2.45) is 0 Å². The molecule has 0 saturated heterocycles. The Kier molecular flexibility index (Phi) is 3.89. The Labute approximate surface area is 125 Å². The summed E-state index contributed by atoms with van der Waals surface area (Å²) in [5, 5.41) is 12.9. The van der Waals surface area contributed by atoms with Crippen LogP contribution in [-0.4, -0.2) is 28.8 Å². The topological polar surface area (TPSA) is 58.6 Å². The zero-order valence-electron chi connectivity index (χ0n) is 12.5. The molecule has 0 spiro atoms. The first-order valence-corrected chi connectivity index (χ1v) is 7.88. The zero-order valence-corrected chi connectivity index (χ0v) is 12.5. The molecule has 2 unspecified atom stereocenters. The molecule has 3 rings (SSSR count). The van der Waals surface area contributed by atoms with Crippen LogP contribution in [0.25, 0.3) is 0 Å². The summed E-state index contributed by atoms with van der Waals surface area (Å²) in [7, 11) is 0. The molecule has 2 saturated carbocycles. The Hall–Kier alpha value is -1.55. The van der Waals surface area contributed by atoms with Crippen LogP contribution in [0.1, 0.15) is 44.6 Å². The summed E-state index contributed by atoms with van der Waals surface area (Å²) in [5.41, 5.74) is 0.458. The minimum atomic E-state index is -0.784. The second kappa shape index (κ2) is 5.68. The van der Waals surface area contributed by atoms with Crippen molar-refractivity contribution in [2.75, 3.05) is 0 Å². The standard InChI is InChI=1S/C17H23NO3/c1-2-12-4-3-5-14(10-12)21-15-8-9-17(11-15,16(19)20)18-13-6-7-13/h3-5,10,13,15,18H,2,6-9,11H2,1H3,(H,19,20). The van der Waals surface area contributed by atoms with Gasteiger partial charge in [0.25, 0.3) is 0 Å². The maximum Gasteiger partial charge on any atom is 0.324 e. The summed E-state index contributed by atoms with van der Waals surface area (Å²) in [5.74, 6) is 0.120. The SMILES string of the molecule is CCc1cccc(OC2CCC(NC3CC3)(C(=O)O)C2)c1. The minimum absolute atomic E-state index is 0.0144. The molecule has 0 aliphatic heterocycles. The molecule has 2 atom stereocenters. The van der Waals surface area contributed by atoms with Gasteiger partial charge in [0.2, 0.25) is 0 Å². The van der Waals surface area contributed by atoms with Crippen LogP contribution in [-0.2, 0) is 11.2 Å². The predicted octanol–water partition coefficient (Wildman–Crippen LogP) is 2.76. The average molecular weight is 289 g/mol. The van der Waals surface area contributed by atoms with Gasteiger partial charge in [0.1, 0.15) is 17.4 Å². The lowest BCUT2D eigenvalue weighted by atomic mass is 9.97. The third kappa shape index (κ3) is 3.21. The van der Waals surface area contributed by atoms with Crippen LogP contribution < -0.4 is 10.1 Å². The highest BCUT2D eigenvalue weighted by atomic mass is 16.5. The first-order valence-electron chi connectivity index (χ1n) is 7.88. The normalized spacial score (nSPS) is 28.5. The first kappa shape index (κ1) is 14.4. The van der Waals surface area contributed by atoms with Crippen LogP contribution in [0.5, 0.6) is 5.75 Å². The average Bonchev–Trinajstić information content (AvgIpc) is 3.19. The number of ether oxygens (including phenoxy) is 1. The number of aliphatic carboxylic acids is 1. The van der Waals surface area contributed by atoms with Gasteiger partial charge in [-0.05, 0) is 49.8 Å². The number of hydrogen-bond donors (Lipinski definition) is 2. The number of nitrogens with one attached hydrogen (secondary N) is 1. The fraction of sp³-hybridized carbons (Fsp3) is 0.588. The van der Waals surface area contributed by atoms with E-state index in [0.717, 1.165) is 31.4 Å². The van der Waals surface area contributed by atoms with E-state index in [2.05, 4.69) is 24.4 Å². The second-order valence-corrected chi connectivity index (χ2v) is 6.29. The van der Waals surface area contributed by atoms with E-state index >= 15 is 0 Å². The molecule has 0 heterocycles. The molecule has 2 N–H and O–H groups in total. The van der Waals surface area contributed by atoms with Crippen molar-refractivity contribution in [1.82, 2.24) is 5.32 Å². The zero-order chi connectivity index (χ0) is 14.9. The maximum atomic E-state index is 11.7. The van der Waals surface area contributed by atoms with Crippen LogP contribution in [0.3, 0.4) is 0 Å². The third-order valence-corrected chi connectivity index (χ3v) is 4.55. The summed E-state index contributed by atoms with van der Waals surface area (Å²) in [6, 6.07) is 8.47. The molecule has 114 valence electrons. The molecule has 4 nitrogen and oxygen atoms in total. The van der Waals surface area contributed by atoms with Gasteiger partial charge < -0.3 is 9.84 Å². The Morgan fingerprint density at radius 2 is 2.24 bits per heavy atom. The molecule has 21 heavy (non-hydrogen) atoms. The summed E-state index contributed by atoms with van der Waals surface area (Å²) in [6.07, 6.45) is 5.15. The van der Waals surface area contributed by atoms with Gasteiger partial charge in [-0.25, -0.2) is 0 Å². The molecule has 0 bridgehead atoms. The van der Waals surface area contributed by atoms with Crippen LogP contribution in [0.4, 0.5) is 0 Å².